The Bertz CT molecular complexity index is 626. The van der Waals surface area contributed by atoms with Crippen LogP contribution in [0.1, 0.15) is 51.7 Å². The number of H-pyrrole nitrogens is 1. The molecule has 1 heterocycles. The van der Waals surface area contributed by atoms with Crippen molar-refractivity contribution in [1.29, 1.82) is 0 Å². The van der Waals surface area contributed by atoms with Crippen molar-refractivity contribution in [3.63, 3.8) is 0 Å². The number of halogens is 1. The molecule has 0 aliphatic rings. The monoisotopic (exact) mass is 386 g/mol. The van der Waals surface area contributed by atoms with E-state index in [1.54, 1.807) is 20.8 Å². The second-order valence-electron chi connectivity index (χ2n) is 6.13. The Hall–Kier alpha value is -2.78. The zero-order valence-corrected chi connectivity index (χ0v) is 16.2. The Labute approximate surface area is 157 Å². The highest BCUT2D eigenvalue weighted by Gasteiger charge is 2.26. The molecule has 0 fully saturated rings. The molecule has 2 amide bonds. The zero-order chi connectivity index (χ0) is 21.0. The molecule has 1 atom stereocenters. The van der Waals surface area contributed by atoms with Crippen LogP contribution in [0.25, 0.3) is 0 Å². The number of nitrogens with one attached hydrogen (secondary N) is 3. The van der Waals surface area contributed by atoms with Gasteiger partial charge in [0.25, 0.3) is 5.91 Å². The molecule has 10 heteroatoms. The normalized spacial score (nSPS) is 11.5. The van der Waals surface area contributed by atoms with Crippen LogP contribution in [0.3, 0.4) is 0 Å². The third kappa shape index (κ3) is 10.1. The number of amides is 2. The summed E-state index contributed by atoms with van der Waals surface area (Å²) in [7, 11) is 0. The summed E-state index contributed by atoms with van der Waals surface area (Å²) in [6, 6.07) is -1.37. The SMILES string of the molecule is CC.CC(C)(C)OC(=O)CC(NC(=O)CNC(=O)c1ncc[nH]1)C(=O)CF. The van der Waals surface area contributed by atoms with Crippen molar-refractivity contribution in [2.75, 3.05) is 13.2 Å². The van der Waals surface area contributed by atoms with E-state index in [9.17, 15) is 23.6 Å². The first-order valence-corrected chi connectivity index (χ1v) is 8.50. The average molecular weight is 386 g/mol. The lowest BCUT2D eigenvalue weighted by Crippen LogP contribution is -2.47. The first-order chi connectivity index (χ1) is 12.6. The molecule has 1 rings (SSSR count). The van der Waals surface area contributed by atoms with Gasteiger partial charge in [-0.15, -0.1) is 0 Å². The van der Waals surface area contributed by atoms with Gasteiger partial charge in [-0.2, -0.15) is 0 Å². The maximum atomic E-state index is 12.6. The maximum absolute atomic E-state index is 12.6. The first kappa shape index (κ1) is 24.2. The predicted octanol–water partition coefficient (Wildman–Crippen LogP) is 0.921. The number of rotatable bonds is 8. The summed E-state index contributed by atoms with van der Waals surface area (Å²) < 4.78 is 17.7. The van der Waals surface area contributed by atoms with Crippen molar-refractivity contribution in [1.82, 2.24) is 20.6 Å². The van der Waals surface area contributed by atoms with Gasteiger partial charge in [-0.1, -0.05) is 13.8 Å². The molecule has 0 spiro atoms. The number of ketones is 1. The van der Waals surface area contributed by atoms with Gasteiger partial charge in [0.15, 0.2) is 11.6 Å². The van der Waals surface area contributed by atoms with Crippen molar-refractivity contribution < 1.29 is 28.3 Å². The number of aromatic amines is 1. The van der Waals surface area contributed by atoms with E-state index in [2.05, 4.69) is 20.6 Å². The largest absolute Gasteiger partial charge is 0.460 e. The van der Waals surface area contributed by atoms with Gasteiger partial charge in [0, 0.05) is 12.4 Å². The van der Waals surface area contributed by atoms with Crippen LogP contribution >= 0.6 is 0 Å². The van der Waals surface area contributed by atoms with E-state index in [-0.39, 0.29) is 5.82 Å². The summed E-state index contributed by atoms with van der Waals surface area (Å²) in [6.07, 6.45) is 2.30. The van der Waals surface area contributed by atoms with Crippen LogP contribution in [-0.2, 0) is 19.1 Å². The number of ether oxygens (including phenoxy) is 1. The van der Waals surface area contributed by atoms with Crippen molar-refractivity contribution in [2.45, 2.75) is 52.7 Å². The van der Waals surface area contributed by atoms with Crippen LogP contribution in [0.4, 0.5) is 4.39 Å². The van der Waals surface area contributed by atoms with Gasteiger partial charge < -0.3 is 20.4 Å². The molecular weight excluding hydrogens is 359 g/mol. The lowest BCUT2D eigenvalue weighted by Gasteiger charge is -2.22. The number of hydrogen-bond donors (Lipinski definition) is 3. The minimum absolute atomic E-state index is 0.0120. The van der Waals surface area contributed by atoms with E-state index < -0.39 is 54.8 Å². The molecule has 9 nitrogen and oxygen atoms in total. The molecule has 0 aromatic carbocycles. The van der Waals surface area contributed by atoms with Crippen LogP contribution in [0, 0.1) is 0 Å². The third-order valence-corrected chi connectivity index (χ3v) is 2.77. The van der Waals surface area contributed by atoms with Crippen molar-refractivity contribution in [2.24, 2.45) is 0 Å². The van der Waals surface area contributed by atoms with Crippen molar-refractivity contribution >= 4 is 23.6 Å². The number of nitrogens with zero attached hydrogens (tertiary/aromatic N) is 1. The molecule has 0 bridgehead atoms. The molecule has 1 aromatic rings. The zero-order valence-electron chi connectivity index (χ0n) is 16.2. The number of Topliss-reactive ketones (excluding diaryl/α,β-unsaturated/α-hetero) is 1. The summed E-state index contributed by atoms with van der Waals surface area (Å²) in [6.45, 7) is 7.11. The smallest absolute Gasteiger partial charge is 0.308 e. The highest BCUT2D eigenvalue weighted by molar-refractivity contribution is 5.96. The van der Waals surface area contributed by atoms with Crippen LogP contribution in [-0.4, -0.2) is 58.4 Å². The Kier molecular flexibility index (Phi) is 10.6. The van der Waals surface area contributed by atoms with Gasteiger partial charge in [0.05, 0.1) is 13.0 Å². The van der Waals surface area contributed by atoms with Crippen LogP contribution in [0.5, 0.6) is 0 Å². The third-order valence-electron chi connectivity index (χ3n) is 2.77. The quantitative estimate of drug-likeness (QED) is 0.570. The summed E-state index contributed by atoms with van der Waals surface area (Å²) in [5.74, 6) is -3.08. The number of hydrogen-bond acceptors (Lipinski definition) is 6. The van der Waals surface area contributed by atoms with Crippen LogP contribution in [0.2, 0.25) is 0 Å². The fourth-order valence-corrected chi connectivity index (χ4v) is 1.77. The molecule has 152 valence electrons. The molecular formula is C17H27FN4O5. The highest BCUT2D eigenvalue weighted by Crippen LogP contribution is 2.09. The highest BCUT2D eigenvalue weighted by atomic mass is 19.1. The van der Waals surface area contributed by atoms with Crippen LogP contribution in [0.15, 0.2) is 12.4 Å². The maximum Gasteiger partial charge on any atom is 0.308 e. The van der Waals surface area contributed by atoms with Gasteiger partial charge in [-0.05, 0) is 20.8 Å². The number of alkyl halides is 1. The summed E-state index contributed by atoms with van der Waals surface area (Å²) in [4.78, 5) is 53.1. The predicted molar refractivity (Wildman–Crippen MR) is 95.6 cm³/mol. The van der Waals surface area contributed by atoms with Crippen molar-refractivity contribution in [3.8, 4) is 0 Å². The summed E-state index contributed by atoms with van der Waals surface area (Å²) >= 11 is 0. The second kappa shape index (κ2) is 11.8. The molecule has 1 aromatic heterocycles. The van der Waals surface area contributed by atoms with Gasteiger partial charge in [-0.3, -0.25) is 19.2 Å². The Morgan fingerprint density at radius 2 is 1.89 bits per heavy atom. The second-order valence-corrected chi connectivity index (χ2v) is 6.13. The van der Waals surface area contributed by atoms with Crippen LogP contribution < -0.4 is 10.6 Å². The fourth-order valence-electron chi connectivity index (χ4n) is 1.77. The minimum Gasteiger partial charge on any atom is -0.460 e. The number of esters is 1. The molecule has 3 N–H and O–H groups in total. The standard InChI is InChI=1S/C15H21FN4O5.C2H6/c1-15(2,3)25-12(23)6-9(10(21)7-16)20-11(22)8-19-14(24)13-17-4-5-18-13;1-2/h4-5,9H,6-8H2,1-3H3,(H,17,18)(H,19,24)(H,20,22);1-2H3. The van der Waals surface area contributed by atoms with Gasteiger partial charge in [-0.25, -0.2) is 9.37 Å². The van der Waals surface area contributed by atoms with Crippen molar-refractivity contribution in [3.05, 3.63) is 18.2 Å². The lowest BCUT2D eigenvalue weighted by molar-refractivity contribution is -0.156. The molecule has 27 heavy (non-hydrogen) atoms. The Morgan fingerprint density at radius 1 is 1.26 bits per heavy atom. The molecule has 0 radical (unpaired) electrons. The lowest BCUT2D eigenvalue weighted by atomic mass is 10.1. The van der Waals surface area contributed by atoms with Gasteiger partial charge >= 0.3 is 5.97 Å². The van der Waals surface area contributed by atoms with E-state index in [1.807, 2.05) is 13.8 Å². The topological polar surface area (TPSA) is 130 Å². The molecule has 1 unspecified atom stereocenters. The Balaban J connectivity index is 0.00000326. The average Bonchev–Trinajstić information content (AvgIpc) is 3.13. The van der Waals surface area contributed by atoms with E-state index in [4.69, 9.17) is 4.74 Å². The number of aromatic nitrogens is 2. The summed E-state index contributed by atoms with van der Waals surface area (Å²) in [5, 5.41) is 4.48. The van der Waals surface area contributed by atoms with Gasteiger partial charge in [0.1, 0.15) is 18.3 Å². The minimum atomic E-state index is -1.37. The number of carbonyl (C=O) groups is 4. The molecule has 0 saturated heterocycles. The molecule has 0 saturated carbocycles. The van der Waals surface area contributed by atoms with Gasteiger partial charge in [0.2, 0.25) is 5.91 Å². The first-order valence-electron chi connectivity index (χ1n) is 8.50. The Morgan fingerprint density at radius 3 is 2.37 bits per heavy atom. The number of imidazole rings is 1. The van der Waals surface area contributed by atoms with E-state index >= 15 is 0 Å². The van der Waals surface area contributed by atoms with E-state index in [0.29, 0.717) is 0 Å². The van der Waals surface area contributed by atoms with E-state index in [1.165, 1.54) is 12.4 Å². The molecule has 0 aliphatic heterocycles. The van der Waals surface area contributed by atoms with E-state index in [0.717, 1.165) is 0 Å². The molecule has 0 aliphatic carbocycles. The fraction of sp³-hybridized carbons (Fsp3) is 0.588. The number of carbonyl (C=O) groups excluding carboxylic acids is 4. The summed E-state index contributed by atoms with van der Waals surface area (Å²) in [5.41, 5.74) is -0.776.